The number of amides is 1. The molecule has 1 aliphatic rings. The van der Waals surface area contributed by atoms with E-state index in [1.165, 1.54) is 0 Å². The summed E-state index contributed by atoms with van der Waals surface area (Å²) in [5.41, 5.74) is -0.295. The predicted octanol–water partition coefficient (Wildman–Crippen LogP) is 0.449. The third-order valence-electron chi connectivity index (χ3n) is 2.77. The number of hydrogen-bond acceptors (Lipinski definition) is 3. The summed E-state index contributed by atoms with van der Waals surface area (Å²) in [7, 11) is 0. The summed E-state index contributed by atoms with van der Waals surface area (Å²) in [4.78, 5) is 24.5. The average Bonchev–Trinajstić information content (AvgIpc) is 2.07. The van der Waals surface area contributed by atoms with Gasteiger partial charge in [-0.15, -0.1) is 0 Å². The van der Waals surface area contributed by atoms with Crippen molar-refractivity contribution in [1.29, 1.82) is 0 Å². The van der Waals surface area contributed by atoms with E-state index in [9.17, 15) is 9.59 Å². The highest BCUT2D eigenvalue weighted by molar-refractivity contribution is 5.87. The average molecular weight is 228 g/mol. The van der Waals surface area contributed by atoms with E-state index in [0.717, 1.165) is 0 Å². The minimum atomic E-state index is -0.939. The molecule has 0 aromatic heterocycles. The zero-order valence-electron chi connectivity index (χ0n) is 10.3. The molecule has 0 aromatic carbocycles. The molecule has 1 heterocycles. The second kappa shape index (κ2) is 4.41. The van der Waals surface area contributed by atoms with Gasteiger partial charge < -0.3 is 10.4 Å². The van der Waals surface area contributed by atoms with E-state index in [1.54, 1.807) is 0 Å². The molecule has 1 aliphatic heterocycles. The molecule has 0 aliphatic carbocycles. The largest absolute Gasteiger partial charge is 0.481 e. The quantitative estimate of drug-likeness (QED) is 0.735. The van der Waals surface area contributed by atoms with Crippen LogP contribution in [0.1, 0.15) is 34.1 Å². The number of nitrogens with one attached hydrogen (secondary N) is 1. The molecule has 0 bridgehead atoms. The summed E-state index contributed by atoms with van der Waals surface area (Å²) in [6.45, 7) is 8.51. The Labute approximate surface area is 95.8 Å². The van der Waals surface area contributed by atoms with Crippen molar-refractivity contribution in [2.24, 2.45) is 0 Å². The second-order valence-corrected chi connectivity index (χ2v) is 5.25. The Balaban J connectivity index is 2.87. The molecular formula is C11H20N2O3. The monoisotopic (exact) mass is 228 g/mol. The van der Waals surface area contributed by atoms with Crippen LogP contribution in [0.25, 0.3) is 0 Å². The van der Waals surface area contributed by atoms with Gasteiger partial charge in [0.25, 0.3) is 0 Å². The third-order valence-corrected chi connectivity index (χ3v) is 2.77. The normalized spacial score (nSPS) is 25.6. The number of nitrogens with zero attached hydrogens (tertiary/aromatic N) is 1. The lowest BCUT2D eigenvalue weighted by Crippen LogP contribution is -2.66. The van der Waals surface area contributed by atoms with Crippen LogP contribution in [0, 0.1) is 0 Å². The minimum absolute atomic E-state index is 0.139. The van der Waals surface area contributed by atoms with Crippen molar-refractivity contribution >= 4 is 11.9 Å². The third kappa shape index (κ3) is 2.95. The number of carboxylic acids is 1. The Hall–Kier alpha value is -1.10. The van der Waals surface area contributed by atoms with Crippen LogP contribution in [0.4, 0.5) is 0 Å². The standard InChI is InChI=1S/C11H20N2O3/c1-7(2)13-6-11(3,4)12-10(16)8(13)5-9(14)15/h7-8H,5-6H2,1-4H3,(H,12,16)(H,14,15). The maximum absolute atomic E-state index is 11.8. The van der Waals surface area contributed by atoms with E-state index in [4.69, 9.17) is 5.11 Å². The molecule has 0 spiro atoms. The van der Waals surface area contributed by atoms with Gasteiger partial charge in [0, 0.05) is 18.1 Å². The van der Waals surface area contributed by atoms with Crippen LogP contribution in [0.5, 0.6) is 0 Å². The molecule has 0 radical (unpaired) electrons. The fraction of sp³-hybridized carbons (Fsp3) is 0.818. The molecule has 1 saturated heterocycles. The first kappa shape index (κ1) is 13.0. The van der Waals surface area contributed by atoms with Crippen LogP contribution in [-0.2, 0) is 9.59 Å². The number of carbonyl (C=O) groups is 2. The Morgan fingerprint density at radius 2 is 2.19 bits per heavy atom. The highest BCUT2D eigenvalue weighted by atomic mass is 16.4. The maximum atomic E-state index is 11.8. The van der Waals surface area contributed by atoms with Gasteiger partial charge in [-0.1, -0.05) is 0 Å². The van der Waals surface area contributed by atoms with E-state index >= 15 is 0 Å². The Bertz CT molecular complexity index is 300. The molecule has 1 fully saturated rings. The maximum Gasteiger partial charge on any atom is 0.305 e. The zero-order valence-corrected chi connectivity index (χ0v) is 10.3. The van der Waals surface area contributed by atoms with E-state index < -0.39 is 12.0 Å². The van der Waals surface area contributed by atoms with Crippen LogP contribution >= 0.6 is 0 Å². The number of aliphatic carboxylic acids is 1. The summed E-state index contributed by atoms with van der Waals surface area (Å²) in [6.07, 6.45) is -0.139. The number of piperazine rings is 1. The highest BCUT2D eigenvalue weighted by Gasteiger charge is 2.40. The highest BCUT2D eigenvalue weighted by Crippen LogP contribution is 2.20. The summed E-state index contributed by atoms with van der Waals surface area (Å²) in [5, 5.41) is 11.7. The van der Waals surface area contributed by atoms with Gasteiger partial charge in [0.15, 0.2) is 0 Å². The molecule has 2 N–H and O–H groups in total. The van der Waals surface area contributed by atoms with Gasteiger partial charge in [-0.2, -0.15) is 0 Å². The van der Waals surface area contributed by atoms with Crippen molar-refractivity contribution in [2.45, 2.75) is 51.7 Å². The van der Waals surface area contributed by atoms with Crippen molar-refractivity contribution in [3.8, 4) is 0 Å². The van der Waals surface area contributed by atoms with Crippen LogP contribution in [-0.4, -0.2) is 46.1 Å². The first-order valence-electron chi connectivity index (χ1n) is 5.52. The number of carbonyl (C=O) groups excluding carboxylic acids is 1. The molecule has 5 heteroatoms. The zero-order chi connectivity index (χ0) is 12.5. The Morgan fingerprint density at radius 3 is 2.62 bits per heavy atom. The van der Waals surface area contributed by atoms with E-state index in [0.29, 0.717) is 6.54 Å². The van der Waals surface area contributed by atoms with E-state index in [-0.39, 0.29) is 23.9 Å². The van der Waals surface area contributed by atoms with Crippen molar-refractivity contribution < 1.29 is 14.7 Å². The van der Waals surface area contributed by atoms with Crippen LogP contribution in [0.3, 0.4) is 0 Å². The molecule has 1 amide bonds. The van der Waals surface area contributed by atoms with Crippen molar-refractivity contribution in [3.63, 3.8) is 0 Å². The second-order valence-electron chi connectivity index (χ2n) is 5.25. The molecule has 1 rings (SSSR count). The lowest BCUT2D eigenvalue weighted by molar-refractivity contribution is -0.145. The predicted molar refractivity (Wildman–Crippen MR) is 60.1 cm³/mol. The number of carboxylic acid groups (broad SMARTS) is 1. The SMILES string of the molecule is CC(C)N1CC(C)(C)NC(=O)C1CC(=O)O. The molecule has 5 nitrogen and oxygen atoms in total. The van der Waals surface area contributed by atoms with Gasteiger partial charge in [0.05, 0.1) is 12.5 Å². The van der Waals surface area contributed by atoms with Crippen molar-refractivity contribution in [2.75, 3.05) is 6.54 Å². The molecule has 0 aromatic rings. The number of rotatable bonds is 3. The Kier molecular flexibility index (Phi) is 3.57. The fourth-order valence-electron chi connectivity index (χ4n) is 2.09. The lowest BCUT2D eigenvalue weighted by atomic mass is 9.95. The minimum Gasteiger partial charge on any atom is -0.481 e. The molecule has 1 unspecified atom stereocenters. The molecule has 16 heavy (non-hydrogen) atoms. The summed E-state index contributed by atoms with van der Waals surface area (Å²) >= 11 is 0. The van der Waals surface area contributed by atoms with Gasteiger partial charge in [-0.05, 0) is 27.7 Å². The lowest BCUT2D eigenvalue weighted by Gasteiger charge is -2.45. The smallest absolute Gasteiger partial charge is 0.305 e. The van der Waals surface area contributed by atoms with Gasteiger partial charge >= 0.3 is 5.97 Å². The van der Waals surface area contributed by atoms with Crippen LogP contribution < -0.4 is 5.32 Å². The van der Waals surface area contributed by atoms with Gasteiger partial charge in [-0.3, -0.25) is 14.5 Å². The van der Waals surface area contributed by atoms with E-state index in [2.05, 4.69) is 5.32 Å². The van der Waals surface area contributed by atoms with Crippen molar-refractivity contribution in [1.82, 2.24) is 10.2 Å². The van der Waals surface area contributed by atoms with Gasteiger partial charge in [-0.25, -0.2) is 0 Å². The van der Waals surface area contributed by atoms with Gasteiger partial charge in [0.1, 0.15) is 0 Å². The van der Waals surface area contributed by atoms with Crippen LogP contribution in [0.15, 0.2) is 0 Å². The molecular weight excluding hydrogens is 208 g/mol. The first-order valence-corrected chi connectivity index (χ1v) is 5.52. The molecule has 92 valence electrons. The van der Waals surface area contributed by atoms with Crippen LogP contribution in [0.2, 0.25) is 0 Å². The van der Waals surface area contributed by atoms with E-state index in [1.807, 2.05) is 32.6 Å². The first-order chi connectivity index (χ1) is 7.23. The Morgan fingerprint density at radius 1 is 1.62 bits per heavy atom. The van der Waals surface area contributed by atoms with Gasteiger partial charge in [0.2, 0.25) is 5.91 Å². The van der Waals surface area contributed by atoms with Crippen molar-refractivity contribution in [3.05, 3.63) is 0 Å². The summed E-state index contributed by atoms with van der Waals surface area (Å²) in [5.74, 6) is -1.13. The fourth-order valence-corrected chi connectivity index (χ4v) is 2.09. The number of hydrogen-bond donors (Lipinski definition) is 2. The molecule has 0 saturated carbocycles. The summed E-state index contributed by atoms with van der Waals surface area (Å²) < 4.78 is 0. The topological polar surface area (TPSA) is 69.6 Å². The molecule has 1 atom stereocenters. The summed E-state index contributed by atoms with van der Waals surface area (Å²) in [6, 6.07) is -0.389.